The van der Waals surface area contributed by atoms with Gasteiger partial charge in [0.1, 0.15) is 11.9 Å². The van der Waals surface area contributed by atoms with E-state index in [1.54, 1.807) is 18.2 Å². The molecule has 0 saturated carbocycles. The van der Waals surface area contributed by atoms with Gasteiger partial charge in [0.25, 0.3) is 0 Å². The van der Waals surface area contributed by atoms with Crippen LogP contribution in [0.1, 0.15) is 35.7 Å². The third-order valence-corrected chi connectivity index (χ3v) is 2.60. The van der Waals surface area contributed by atoms with Gasteiger partial charge < -0.3 is 9.84 Å². The molecule has 1 aliphatic rings. The van der Waals surface area contributed by atoms with E-state index in [4.69, 9.17) is 9.84 Å². The van der Waals surface area contributed by atoms with Crippen LogP contribution in [0.15, 0.2) is 24.3 Å². The number of hydrogen-bond acceptors (Lipinski definition) is 2. The second kappa shape index (κ2) is 4.39. The van der Waals surface area contributed by atoms with E-state index in [9.17, 15) is 4.79 Å². The third-order valence-electron chi connectivity index (χ3n) is 2.60. The first kappa shape index (κ1) is 10.7. The van der Waals surface area contributed by atoms with Crippen molar-refractivity contribution in [3.8, 4) is 5.75 Å². The maximum Gasteiger partial charge on any atom is 0.335 e. The van der Waals surface area contributed by atoms with E-state index < -0.39 is 5.97 Å². The minimum absolute atomic E-state index is 0.119. The van der Waals surface area contributed by atoms with Crippen LogP contribution < -0.4 is 4.74 Å². The molecule has 3 heteroatoms. The zero-order valence-corrected chi connectivity index (χ0v) is 9.14. The Morgan fingerprint density at radius 2 is 2.31 bits per heavy atom. The summed E-state index contributed by atoms with van der Waals surface area (Å²) in [5, 5.41) is 8.86. The van der Waals surface area contributed by atoms with E-state index in [1.165, 1.54) is 0 Å². The number of carbonyl (C=O) groups is 1. The van der Waals surface area contributed by atoms with Crippen molar-refractivity contribution >= 4 is 12.0 Å². The number of carboxylic acid groups (broad SMARTS) is 1. The van der Waals surface area contributed by atoms with Gasteiger partial charge in [0, 0.05) is 5.56 Å². The highest BCUT2D eigenvalue weighted by atomic mass is 16.5. The minimum atomic E-state index is -0.910. The molecule has 16 heavy (non-hydrogen) atoms. The highest BCUT2D eigenvalue weighted by Gasteiger charge is 2.15. The fourth-order valence-corrected chi connectivity index (χ4v) is 1.77. The largest absolute Gasteiger partial charge is 0.486 e. The summed E-state index contributed by atoms with van der Waals surface area (Å²) in [4.78, 5) is 10.8. The summed E-state index contributed by atoms with van der Waals surface area (Å²) in [6.07, 6.45) is 6.09. The number of aromatic carboxylic acids is 1. The first-order valence-electron chi connectivity index (χ1n) is 5.43. The van der Waals surface area contributed by atoms with Crippen molar-refractivity contribution in [3.63, 3.8) is 0 Å². The van der Waals surface area contributed by atoms with Gasteiger partial charge in [-0.15, -0.1) is 0 Å². The summed E-state index contributed by atoms with van der Waals surface area (Å²) in [6.45, 7) is 2.11. The Bertz CT molecular complexity index is 435. The number of fused-ring (bicyclic) bond motifs is 1. The predicted molar refractivity (Wildman–Crippen MR) is 61.8 cm³/mol. The van der Waals surface area contributed by atoms with Gasteiger partial charge >= 0.3 is 5.97 Å². The summed E-state index contributed by atoms with van der Waals surface area (Å²) in [7, 11) is 0. The van der Waals surface area contributed by atoms with Gasteiger partial charge in [-0.25, -0.2) is 4.79 Å². The fourth-order valence-electron chi connectivity index (χ4n) is 1.77. The minimum Gasteiger partial charge on any atom is -0.486 e. The highest BCUT2D eigenvalue weighted by Crippen LogP contribution is 2.28. The first-order chi connectivity index (χ1) is 7.70. The van der Waals surface area contributed by atoms with Crippen molar-refractivity contribution in [3.05, 3.63) is 35.4 Å². The van der Waals surface area contributed by atoms with E-state index in [-0.39, 0.29) is 6.10 Å². The summed E-state index contributed by atoms with van der Waals surface area (Å²) >= 11 is 0. The van der Waals surface area contributed by atoms with Crippen LogP contribution in [0.4, 0.5) is 0 Å². The average Bonchev–Trinajstić information content (AvgIpc) is 2.28. The van der Waals surface area contributed by atoms with E-state index >= 15 is 0 Å². The maximum atomic E-state index is 10.8. The number of carboxylic acids is 1. The fraction of sp³-hybridized carbons (Fsp3) is 0.308. The van der Waals surface area contributed by atoms with E-state index in [0.717, 1.165) is 24.2 Å². The van der Waals surface area contributed by atoms with Crippen LogP contribution in [-0.2, 0) is 0 Å². The van der Waals surface area contributed by atoms with Gasteiger partial charge in [-0.05, 0) is 30.7 Å². The molecule has 0 amide bonds. The lowest BCUT2D eigenvalue weighted by molar-refractivity contribution is 0.0697. The van der Waals surface area contributed by atoms with E-state index in [1.807, 2.05) is 12.2 Å². The number of benzene rings is 1. The molecule has 0 aromatic heterocycles. The summed E-state index contributed by atoms with van der Waals surface area (Å²) < 4.78 is 5.73. The van der Waals surface area contributed by atoms with Gasteiger partial charge in [-0.1, -0.05) is 19.4 Å². The molecule has 1 aliphatic heterocycles. The lowest BCUT2D eigenvalue weighted by Crippen LogP contribution is -2.16. The van der Waals surface area contributed by atoms with Crippen LogP contribution in [0.25, 0.3) is 6.08 Å². The normalized spacial score (nSPS) is 17.7. The SMILES string of the molecule is CCCC1C=Cc2cc(C(=O)O)ccc2O1. The molecule has 0 fully saturated rings. The molecule has 3 nitrogen and oxygen atoms in total. The highest BCUT2D eigenvalue weighted by molar-refractivity contribution is 5.89. The lowest BCUT2D eigenvalue weighted by Gasteiger charge is -2.21. The predicted octanol–water partition coefficient (Wildman–Crippen LogP) is 2.96. The molecular weight excluding hydrogens is 204 g/mol. The van der Waals surface area contributed by atoms with Gasteiger partial charge in [0.2, 0.25) is 0 Å². The zero-order chi connectivity index (χ0) is 11.5. The quantitative estimate of drug-likeness (QED) is 0.848. The average molecular weight is 218 g/mol. The number of ether oxygens (including phenoxy) is 1. The van der Waals surface area contributed by atoms with Crippen LogP contribution in [0.2, 0.25) is 0 Å². The Morgan fingerprint density at radius 1 is 1.50 bits per heavy atom. The molecule has 1 atom stereocenters. The molecule has 1 heterocycles. The van der Waals surface area contributed by atoms with Crippen molar-refractivity contribution in [2.45, 2.75) is 25.9 Å². The lowest BCUT2D eigenvalue weighted by atomic mass is 10.0. The summed E-state index contributed by atoms with van der Waals surface area (Å²) in [5.41, 5.74) is 1.13. The van der Waals surface area contributed by atoms with Crippen molar-refractivity contribution in [2.24, 2.45) is 0 Å². The third kappa shape index (κ3) is 2.08. The van der Waals surface area contributed by atoms with Crippen LogP contribution in [0, 0.1) is 0 Å². The molecule has 0 saturated heterocycles. The molecule has 0 bridgehead atoms. The first-order valence-corrected chi connectivity index (χ1v) is 5.43. The summed E-state index contributed by atoms with van der Waals surface area (Å²) in [6, 6.07) is 4.94. The van der Waals surface area contributed by atoms with Crippen LogP contribution >= 0.6 is 0 Å². The van der Waals surface area contributed by atoms with Crippen molar-refractivity contribution < 1.29 is 14.6 Å². The molecule has 1 aromatic rings. The summed E-state index contributed by atoms with van der Waals surface area (Å²) in [5.74, 6) is -0.141. The Kier molecular flexibility index (Phi) is 2.95. The molecule has 0 aliphatic carbocycles. The molecule has 0 radical (unpaired) electrons. The molecule has 1 N–H and O–H groups in total. The topological polar surface area (TPSA) is 46.5 Å². The molecule has 84 valence electrons. The van der Waals surface area contributed by atoms with Crippen molar-refractivity contribution in [1.29, 1.82) is 0 Å². The van der Waals surface area contributed by atoms with Gasteiger partial charge in [0.05, 0.1) is 5.56 Å². The van der Waals surface area contributed by atoms with Crippen LogP contribution in [-0.4, -0.2) is 17.2 Å². The van der Waals surface area contributed by atoms with Crippen molar-refractivity contribution in [2.75, 3.05) is 0 Å². The van der Waals surface area contributed by atoms with Gasteiger partial charge in [-0.3, -0.25) is 0 Å². The molecule has 1 aromatic carbocycles. The monoisotopic (exact) mass is 218 g/mol. The standard InChI is InChI=1S/C13H14O3/c1-2-3-11-6-4-9-8-10(13(14)15)5-7-12(9)16-11/h4-8,11H,2-3H2,1H3,(H,14,15). The Morgan fingerprint density at radius 3 is 3.00 bits per heavy atom. The molecule has 2 rings (SSSR count). The van der Waals surface area contributed by atoms with E-state index in [2.05, 4.69) is 6.92 Å². The Balaban J connectivity index is 2.25. The molecule has 1 unspecified atom stereocenters. The van der Waals surface area contributed by atoms with Gasteiger partial charge in [-0.2, -0.15) is 0 Å². The Hall–Kier alpha value is -1.77. The second-order valence-electron chi connectivity index (χ2n) is 3.86. The van der Waals surface area contributed by atoms with Crippen molar-refractivity contribution in [1.82, 2.24) is 0 Å². The molecule has 0 spiro atoms. The smallest absolute Gasteiger partial charge is 0.335 e. The van der Waals surface area contributed by atoms with E-state index in [0.29, 0.717) is 5.56 Å². The van der Waals surface area contributed by atoms with Crippen LogP contribution in [0.3, 0.4) is 0 Å². The zero-order valence-electron chi connectivity index (χ0n) is 9.14. The van der Waals surface area contributed by atoms with Gasteiger partial charge in [0.15, 0.2) is 0 Å². The number of rotatable bonds is 3. The number of hydrogen-bond donors (Lipinski definition) is 1. The Labute approximate surface area is 94.4 Å². The van der Waals surface area contributed by atoms with Crippen LogP contribution in [0.5, 0.6) is 5.75 Å². The maximum absolute atomic E-state index is 10.8. The second-order valence-corrected chi connectivity index (χ2v) is 3.86. The molecular formula is C13H14O3.